The van der Waals surface area contributed by atoms with E-state index >= 15 is 0 Å². The van der Waals surface area contributed by atoms with E-state index in [0.717, 1.165) is 3.97 Å². The quantitative estimate of drug-likeness (QED) is 0.675. The number of hydrogen-bond donors (Lipinski definition) is 1. The molecule has 1 heterocycles. The van der Waals surface area contributed by atoms with Crippen LogP contribution >= 0.6 is 11.6 Å². The molecular formula is C18H17ClN2O4S2. The van der Waals surface area contributed by atoms with Gasteiger partial charge in [-0.15, -0.1) is 0 Å². The highest BCUT2D eigenvalue weighted by Crippen LogP contribution is 2.29. The van der Waals surface area contributed by atoms with E-state index in [1.165, 1.54) is 31.2 Å². The summed E-state index contributed by atoms with van der Waals surface area (Å²) in [7, 11) is -7.95. The Balaban J connectivity index is 2.10. The summed E-state index contributed by atoms with van der Waals surface area (Å²) in [4.78, 5) is -0.0470. The zero-order valence-electron chi connectivity index (χ0n) is 14.5. The third-order valence-corrected chi connectivity index (χ3v) is 7.73. The molecule has 1 N–H and O–H groups in total. The normalized spacial score (nSPS) is 12.1. The first-order chi connectivity index (χ1) is 12.6. The minimum absolute atomic E-state index is 0.0785. The van der Waals surface area contributed by atoms with Crippen molar-refractivity contribution in [2.24, 2.45) is 0 Å². The standard InChI is InChI=1S/C18H17ClN2O4S2/c1-13-12-18(26(22,23)20-17-11-7-6-10-16(17)19)14(2)21(13)27(24,25)15-8-4-3-5-9-15/h3-12,20H,1-2H3. The number of halogens is 1. The second-order valence-electron chi connectivity index (χ2n) is 5.90. The van der Waals surface area contributed by atoms with Crippen molar-refractivity contribution in [2.75, 3.05) is 4.72 Å². The molecule has 0 radical (unpaired) electrons. The van der Waals surface area contributed by atoms with Crippen LogP contribution in [0.2, 0.25) is 5.02 Å². The lowest BCUT2D eigenvalue weighted by atomic mass is 10.3. The molecule has 0 aliphatic carbocycles. The highest BCUT2D eigenvalue weighted by atomic mass is 35.5. The third kappa shape index (κ3) is 3.60. The Bertz CT molecular complexity index is 1200. The molecular weight excluding hydrogens is 408 g/mol. The largest absolute Gasteiger partial charge is 0.278 e. The monoisotopic (exact) mass is 424 g/mol. The van der Waals surface area contributed by atoms with Gasteiger partial charge in [-0.2, -0.15) is 0 Å². The molecule has 0 aliphatic heterocycles. The van der Waals surface area contributed by atoms with E-state index in [1.807, 2.05) is 0 Å². The fraction of sp³-hybridized carbons (Fsp3) is 0.111. The van der Waals surface area contributed by atoms with E-state index in [0.29, 0.717) is 0 Å². The number of sulfonamides is 1. The molecule has 6 nitrogen and oxygen atoms in total. The van der Waals surface area contributed by atoms with Gasteiger partial charge < -0.3 is 0 Å². The van der Waals surface area contributed by atoms with Crippen molar-refractivity contribution in [3.63, 3.8) is 0 Å². The van der Waals surface area contributed by atoms with E-state index < -0.39 is 20.0 Å². The van der Waals surface area contributed by atoms with Crippen molar-refractivity contribution >= 4 is 37.3 Å². The van der Waals surface area contributed by atoms with Gasteiger partial charge in [0.2, 0.25) is 0 Å². The van der Waals surface area contributed by atoms with Crippen molar-refractivity contribution in [1.82, 2.24) is 3.97 Å². The molecule has 0 unspecified atom stereocenters. The maximum absolute atomic E-state index is 13.0. The molecule has 0 amide bonds. The molecule has 0 atom stereocenters. The Morgan fingerprint density at radius 1 is 0.889 bits per heavy atom. The topological polar surface area (TPSA) is 85.2 Å². The van der Waals surface area contributed by atoms with Crippen LogP contribution in [0.3, 0.4) is 0 Å². The predicted molar refractivity (Wildman–Crippen MR) is 105 cm³/mol. The Kier molecular flexibility index (Phi) is 5.07. The molecule has 0 saturated carbocycles. The molecule has 1 aromatic heterocycles. The fourth-order valence-corrected chi connectivity index (χ4v) is 6.08. The van der Waals surface area contributed by atoms with Crippen LogP contribution in [0.5, 0.6) is 0 Å². The number of nitrogens with zero attached hydrogens (tertiary/aromatic N) is 1. The van der Waals surface area contributed by atoms with Crippen LogP contribution in [0.15, 0.2) is 70.5 Å². The molecule has 142 valence electrons. The van der Waals surface area contributed by atoms with Gasteiger partial charge in [0.1, 0.15) is 4.90 Å². The van der Waals surface area contributed by atoms with E-state index in [-0.39, 0.29) is 31.9 Å². The highest BCUT2D eigenvalue weighted by Gasteiger charge is 2.28. The highest BCUT2D eigenvalue weighted by molar-refractivity contribution is 7.93. The number of aryl methyl sites for hydroxylation is 1. The minimum atomic E-state index is -4.03. The summed E-state index contributed by atoms with van der Waals surface area (Å²) >= 11 is 6.02. The number of anilines is 1. The van der Waals surface area contributed by atoms with Crippen LogP contribution in [0.25, 0.3) is 0 Å². The van der Waals surface area contributed by atoms with Gasteiger partial charge in [-0.05, 0) is 44.2 Å². The number of aromatic nitrogens is 1. The van der Waals surface area contributed by atoms with Gasteiger partial charge in [0.25, 0.3) is 20.0 Å². The van der Waals surface area contributed by atoms with Crippen LogP contribution in [-0.2, 0) is 20.0 Å². The Labute approximate surface area is 163 Å². The lowest BCUT2D eigenvalue weighted by Gasteiger charge is -2.12. The van der Waals surface area contributed by atoms with Gasteiger partial charge in [0, 0.05) is 5.69 Å². The van der Waals surface area contributed by atoms with Gasteiger partial charge in [-0.25, -0.2) is 20.8 Å². The minimum Gasteiger partial charge on any atom is -0.278 e. The van der Waals surface area contributed by atoms with E-state index in [1.54, 1.807) is 43.3 Å². The van der Waals surface area contributed by atoms with Gasteiger partial charge in [0.15, 0.2) is 0 Å². The van der Waals surface area contributed by atoms with Gasteiger partial charge in [0.05, 0.1) is 21.3 Å². The maximum atomic E-state index is 13.0. The second kappa shape index (κ2) is 7.03. The molecule has 0 bridgehead atoms. The predicted octanol–water partition coefficient (Wildman–Crippen LogP) is 3.80. The molecule has 0 spiro atoms. The summed E-state index contributed by atoms with van der Waals surface area (Å²) in [6.45, 7) is 3.00. The van der Waals surface area contributed by atoms with Gasteiger partial charge in [-0.3, -0.25) is 4.72 Å². The van der Waals surface area contributed by atoms with Crippen molar-refractivity contribution in [2.45, 2.75) is 23.6 Å². The molecule has 3 rings (SSSR count). The fourth-order valence-electron chi connectivity index (χ4n) is 2.80. The Hall–Kier alpha value is -2.29. The van der Waals surface area contributed by atoms with E-state index in [2.05, 4.69) is 4.72 Å². The zero-order chi connectivity index (χ0) is 19.8. The summed E-state index contributed by atoms with van der Waals surface area (Å²) in [6, 6.07) is 15.6. The summed E-state index contributed by atoms with van der Waals surface area (Å²) in [6.07, 6.45) is 0. The van der Waals surface area contributed by atoms with Crippen LogP contribution in [-0.4, -0.2) is 20.8 Å². The summed E-state index contributed by atoms with van der Waals surface area (Å²) in [5, 5.41) is 0.242. The molecule has 0 saturated heterocycles. The third-order valence-electron chi connectivity index (χ3n) is 4.01. The molecule has 9 heteroatoms. The first-order valence-electron chi connectivity index (χ1n) is 7.91. The van der Waals surface area contributed by atoms with Crippen LogP contribution < -0.4 is 4.72 Å². The summed E-state index contributed by atoms with van der Waals surface area (Å²) < 4.78 is 55.0. The Morgan fingerprint density at radius 3 is 2.11 bits per heavy atom. The lowest BCUT2D eigenvalue weighted by Crippen LogP contribution is -2.18. The Morgan fingerprint density at radius 2 is 1.48 bits per heavy atom. The van der Waals surface area contributed by atoms with E-state index in [4.69, 9.17) is 11.6 Å². The van der Waals surface area contributed by atoms with E-state index in [9.17, 15) is 16.8 Å². The average Bonchev–Trinajstić information content (AvgIpc) is 2.93. The van der Waals surface area contributed by atoms with Gasteiger partial charge >= 0.3 is 0 Å². The van der Waals surface area contributed by atoms with Crippen LogP contribution in [0.4, 0.5) is 5.69 Å². The van der Waals surface area contributed by atoms with Crippen molar-refractivity contribution in [1.29, 1.82) is 0 Å². The molecule has 0 fully saturated rings. The van der Waals surface area contributed by atoms with Crippen molar-refractivity contribution in [3.05, 3.63) is 77.1 Å². The molecule has 27 heavy (non-hydrogen) atoms. The molecule has 2 aromatic carbocycles. The number of para-hydroxylation sites is 1. The first kappa shape index (κ1) is 19.5. The first-order valence-corrected chi connectivity index (χ1v) is 11.2. The average molecular weight is 425 g/mol. The smallest absolute Gasteiger partial charge is 0.268 e. The molecule has 3 aromatic rings. The SMILES string of the molecule is Cc1cc(S(=O)(=O)Nc2ccccc2Cl)c(C)n1S(=O)(=O)c1ccccc1. The van der Waals surface area contributed by atoms with Crippen LogP contribution in [0.1, 0.15) is 11.4 Å². The number of nitrogens with one attached hydrogen (secondary N) is 1. The number of rotatable bonds is 5. The lowest BCUT2D eigenvalue weighted by molar-refractivity contribution is 0.584. The number of benzene rings is 2. The molecule has 0 aliphatic rings. The van der Waals surface area contributed by atoms with Gasteiger partial charge in [-0.1, -0.05) is 41.9 Å². The maximum Gasteiger partial charge on any atom is 0.268 e. The van der Waals surface area contributed by atoms with Crippen molar-refractivity contribution in [3.8, 4) is 0 Å². The van der Waals surface area contributed by atoms with Crippen molar-refractivity contribution < 1.29 is 16.8 Å². The number of hydrogen-bond acceptors (Lipinski definition) is 4. The summed E-state index contributed by atoms with van der Waals surface area (Å²) in [5.74, 6) is 0. The van der Waals surface area contributed by atoms with Crippen LogP contribution in [0, 0.1) is 13.8 Å². The summed E-state index contributed by atoms with van der Waals surface area (Å²) in [5.41, 5.74) is 0.599. The second-order valence-corrected chi connectivity index (χ2v) is 9.75. The zero-order valence-corrected chi connectivity index (χ0v) is 16.9.